The average molecular weight is 376 g/mol. The molecule has 1 rings (SSSR count). The minimum Gasteiger partial charge on any atom is -0.462 e. The summed E-state index contributed by atoms with van der Waals surface area (Å²) in [5.41, 5.74) is 16.1. The van der Waals surface area contributed by atoms with Crippen molar-refractivity contribution in [2.75, 3.05) is 26.4 Å². The second-order valence-corrected chi connectivity index (χ2v) is 5.65. The number of ether oxygens (including phenoxy) is 3. The molecule has 0 aromatic heterocycles. The van der Waals surface area contributed by atoms with E-state index in [-0.39, 0.29) is 0 Å². The first kappa shape index (κ1) is 21.9. The van der Waals surface area contributed by atoms with Gasteiger partial charge in [-0.1, -0.05) is 0 Å². The number of nitrogens with one attached hydrogen (secondary N) is 1. The van der Waals surface area contributed by atoms with Gasteiger partial charge in [0.15, 0.2) is 0 Å². The zero-order valence-electron chi connectivity index (χ0n) is 14.1. The molecule has 12 heteroatoms. The van der Waals surface area contributed by atoms with E-state index in [1.807, 2.05) is 0 Å². The van der Waals surface area contributed by atoms with Crippen molar-refractivity contribution < 1.29 is 38.5 Å². The number of hydrogen-bond acceptors (Lipinski definition) is 12. The van der Waals surface area contributed by atoms with Crippen LogP contribution in [0.2, 0.25) is 0 Å². The SMILES string of the molecule is N[C@@H](CO)C(=O)OC[C@H](N)C(=O)OC(=O)[C@@H](N)COC(=O)[C@@H]1CCCN1. The lowest BCUT2D eigenvalue weighted by Gasteiger charge is -2.16. The summed E-state index contributed by atoms with van der Waals surface area (Å²) in [6.07, 6.45) is 1.47. The summed E-state index contributed by atoms with van der Waals surface area (Å²) < 4.78 is 13.9. The van der Waals surface area contributed by atoms with Crippen LogP contribution >= 0.6 is 0 Å². The molecule has 12 nitrogen and oxygen atoms in total. The van der Waals surface area contributed by atoms with Crippen molar-refractivity contribution in [1.82, 2.24) is 5.32 Å². The summed E-state index contributed by atoms with van der Waals surface area (Å²) >= 11 is 0. The van der Waals surface area contributed by atoms with Gasteiger partial charge in [-0.3, -0.25) is 9.59 Å². The smallest absolute Gasteiger partial charge is 0.334 e. The van der Waals surface area contributed by atoms with Crippen LogP contribution in [0, 0.1) is 0 Å². The molecular weight excluding hydrogens is 352 g/mol. The Morgan fingerprint density at radius 3 is 2.04 bits per heavy atom. The fourth-order valence-electron chi connectivity index (χ4n) is 1.90. The molecule has 0 radical (unpaired) electrons. The second kappa shape index (κ2) is 10.8. The van der Waals surface area contributed by atoms with Gasteiger partial charge in [-0.05, 0) is 19.4 Å². The Morgan fingerprint density at radius 1 is 0.962 bits per heavy atom. The van der Waals surface area contributed by atoms with Gasteiger partial charge in [0.1, 0.15) is 37.4 Å². The number of aliphatic hydroxyl groups excluding tert-OH is 1. The first-order valence-corrected chi connectivity index (χ1v) is 7.96. The van der Waals surface area contributed by atoms with Gasteiger partial charge in [-0.15, -0.1) is 0 Å². The highest BCUT2D eigenvalue weighted by atomic mass is 16.6. The molecule has 0 amide bonds. The average Bonchev–Trinajstić information content (AvgIpc) is 3.17. The molecule has 26 heavy (non-hydrogen) atoms. The van der Waals surface area contributed by atoms with Crippen molar-refractivity contribution in [3.05, 3.63) is 0 Å². The van der Waals surface area contributed by atoms with Gasteiger partial charge in [-0.2, -0.15) is 0 Å². The van der Waals surface area contributed by atoms with Crippen LogP contribution in [-0.2, 0) is 33.4 Å². The maximum atomic E-state index is 11.7. The Hall–Kier alpha value is -2.12. The Bertz CT molecular complexity index is 523. The first-order chi connectivity index (χ1) is 12.3. The van der Waals surface area contributed by atoms with E-state index in [0.29, 0.717) is 13.0 Å². The predicted molar refractivity (Wildman–Crippen MR) is 85.1 cm³/mol. The van der Waals surface area contributed by atoms with Gasteiger partial charge in [0.2, 0.25) is 0 Å². The predicted octanol–water partition coefficient (Wildman–Crippen LogP) is -4.13. The Kier molecular flexibility index (Phi) is 9.09. The maximum Gasteiger partial charge on any atom is 0.334 e. The lowest BCUT2D eigenvalue weighted by molar-refractivity contribution is -0.164. The molecule has 0 aliphatic carbocycles. The molecule has 0 aromatic carbocycles. The fourth-order valence-corrected chi connectivity index (χ4v) is 1.90. The van der Waals surface area contributed by atoms with Gasteiger partial charge >= 0.3 is 23.9 Å². The summed E-state index contributed by atoms with van der Waals surface area (Å²) in [6, 6.07) is -4.53. The molecule has 0 unspecified atom stereocenters. The molecule has 0 aromatic rings. The van der Waals surface area contributed by atoms with Crippen LogP contribution in [-0.4, -0.2) is 79.5 Å². The van der Waals surface area contributed by atoms with Crippen molar-refractivity contribution in [3.8, 4) is 0 Å². The largest absolute Gasteiger partial charge is 0.462 e. The Balaban J connectivity index is 2.31. The summed E-state index contributed by atoms with van der Waals surface area (Å²) in [5.74, 6) is -3.83. The van der Waals surface area contributed by atoms with Crippen LogP contribution in [0.4, 0.5) is 0 Å². The van der Waals surface area contributed by atoms with E-state index in [4.69, 9.17) is 27.0 Å². The van der Waals surface area contributed by atoms with E-state index in [9.17, 15) is 19.2 Å². The number of carbonyl (C=O) groups excluding carboxylic acids is 4. The molecule has 0 bridgehead atoms. The fraction of sp³-hybridized carbons (Fsp3) is 0.714. The van der Waals surface area contributed by atoms with Crippen LogP contribution in [0.15, 0.2) is 0 Å². The molecule has 8 N–H and O–H groups in total. The minimum absolute atomic E-state index is 0.437. The molecule has 0 spiro atoms. The summed E-state index contributed by atoms with van der Waals surface area (Å²) in [6.45, 7) is -0.996. The van der Waals surface area contributed by atoms with E-state index in [1.165, 1.54) is 0 Å². The molecular formula is C14H24N4O8. The summed E-state index contributed by atoms with van der Waals surface area (Å²) in [7, 11) is 0. The van der Waals surface area contributed by atoms with E-state index >= 15 is 0 Å². The number of hydrogen-bond donors (Lipinski definition) is 5. The van der Waals surface area contributed by atoms with Crippen LogP contribution in [0.5, 0.6) is 0 Å². The van der Waals surface area contributed by atoms with Crippen molar-refractivity contribution in [3.63, 3.8) is 0 Å². The normalized spacial score (nSPS) is 19.9. The topological polar surface area (TPSA) is 206 Å². The standard InChI is InChI=1S/C14H24N4O8/c15-7(4-19)11(20)24-5-8(16)12(21)26-13(22)9(17)6-25-14(23)10-2-1-3-18-10/h7-10,18-19H,1-6,15-17H2/t7-,8-,9-,10-/m0/s1. The minimum atomic E-state index is -1.45. The third kappa shape index (κ3) is 7.01. The van der Waals surface area contributed by atoms with E-state index in [2.05, 4.69) is 14.8 Å². The van der Waals surface area contributed by atoms with Gasteiger partial charge in [0.05, 0.1) is 6.61 Å². The van der Waals surface area contributed by atoms with E-state index in [1.54, 1.807) is 0 Å². The summed E-state index contributed by atoms with van der Waals surface area (Å²) in [5, 5.41) is 11.6. The molecule has 0 saturated carbocycles. The molecule has 148 valence electrons. The number of carbonyl (C=O) groups is 4. The Morgan fingerprint density at radius 2 is 1.54 bits per heavy atom. The monoisotopic (exact) mass is 376 g/mol. The summed E-state index contributed by atoms with van der Waals surface area (Å²) in [4.78, 5) is 46.2. The molecule has 1 saturated heterocycles. The van der Waals surface area contributed by atoms with Gasteiger partial charge in [0.25, 0.3) is 0 Å². The zero-order chi connectivity index (χ0) is 19.7. The van der Waals surface area contributed by atoms with E-state index in [0.717, 1.165) is 6.42 Å². The van der Waals surface area contributed by atoms with Crippen molar-refractivity contribution in [2.45, 2.75) is 37.0 Å². The van der Waals surface area contributed by atoms with Crippen molar-refractivity contribution in [2.24, 2.45) is 17.2 Å². The number of nitrogens with two attached hydrogens (primary N) is 3. The van der Waals surface area contributed by atoms with Crippen LogP contribution in [0.25, 0.3) is 0 Å². The molecule has 4 atom stereocenters. The van der Waals surface area contributed by atoms with Crippen LogP contribution < -0.4 is 22.5 Å². The maximum absolute atomic E-state index is 11.7. The van der Waals surface area contributed by atoms with Crippen LogP contribution in [0.1, 0.15) is 12.8 Å². The number of aliphatic hydroxyl groups is 1. The highest BCUT2D eigenvalue weighted by Gasteiger charge is 2.28. The van der Waals surface area contributed by atoms with Gasteiger partial charge in [-0.25, -0.2) is 9.59 Å². The second-order valence-electron chi connectivity index (χ2n) is 5.65. The molecule has 1 fully saturated rings. The van der Waals surface area contributed by atoms with Gasteiger partial charge in [0, 0.05) is 0 Å². The molecule has 1 aliphatic rings. The lowest BCUT2D eigenvalue weighted by atomic mass is 10.2. The van der Waals surface area contributed by atoms with Crippen molar-refractivity contribution >= 4 is 23.9 Å². The highest BCUT2D eigenvalue weighted by Crippen LogP contribution is 2.06. The van der Waals surface area contributed by atoms with Gasteiger partial charge < -0.3 is 41.8 Å². The third-order valence-corrected chi connectivity index (χ3v) is 3.46. The van der Waals surface area contributed by atoms with Crippen molar-refractivity contribution in [1.29, 1.82) is 0 Å². The number of esters is 4. The van der Waals surface area contributed by atoms with Crippen LogP contribution in [0.3, 0.4) is 0 Å². The third-order valence-electron chi connectivity index (χ3n) is 3.46. The Labute approximate surface area is 149 Å². The molecule has 1 aliphatic heterocycles. The highest BCUT2D eigenvalue weighted by molar-refractivity contribution is 5.91. The lowest BCUT2D eigenvalue weighted by Crippen LogP contribution is -2.45. The first-order valence-electron chi connectivity index (χ1n) is 7.96. The number of rotatable bonds is 9. The van der Waals surface area contributed by atoms with E-state index < -0.39 is 67.9 Å². The quantitative estimate of drug-likeness (QED) is 0.148. The molecule has 1 heterocycles. The zero-order valence-corrected chi connectivity index (χ0v) is 14.1.